The van der Waals surface area contributed by atoms with Crippen LogP contribution in [0.3, 0.4) is 0 Å². The first kappa shape index (κ1) is 16.7. The summed E-state index contributed by atoms with van der Waals surface area (Å²) in [5.41, 5.74) is 0.859. The molecule has 0 spiro atoms. The summed E-state index contributed by atoms with van der Waals surface area (Å²) in [7, 11) is -3.31. The van der Waals surface area contributed by atoms with Crippen molar-refractivity contribution in [3.63, 3.8) is 0 Å². The Kier molecular flexibility index (Phi) is 5.19. The normalized spacial score (nSPS) is 20.3. The summed E-state index contributed by atoms with van der Waals surface area (Å²) in [5, 5.41) is 0. The number of sulfonamides is 1. The zero-order valence-electron chi connectivity index (χ0n) is 13.4. The molecule has 5 heteroatoms. The molecule has 1 aromatic heterocycles. The Bertz CT molecular complexity index is 737. The minimum Gasteiger partial charge on any atom is -0.212 e. The molecule has 0 amide bonds. The molecular weight excluding hydrogens is 326 g/mol. The van der Waals surface area contributed by atoms with E-state index in [9.17, 15) is 8.42 Å². The monoisotopic (exact) mass is 349 g/mol. The topological polar surface area (TPSA) is 37.4 Å². The third-order valence-corrected chi connectivity index (χ3v) is 7.29. The van der Waals surface area contributed by atoms with Crippen molar-refractivity contribution in [3.05, 3.63) is 57.8 Å². The van der Waals surface area contributed by atoms with Crippen LogP contribution in [0.25, 0.3) is 0 Å². The summed E-state index contributed by atoms with van der Waals surface area (Å²) in [4.78, 5) is 2.42. The highest BCUT2D eigenvalue weighted by Crippen LogP contribution is 2.36. The van der Waals surface area contributed by atoms with Gasteiger partial charge in [0.1, 0.15) is 0 Å². The van der Waals surface area contributed by atoms with Crippen LogP contribution in [-0.2, 0) is 15.8 Å². The minimum absolute atomic E-state index is 0.00455. The highest BCUT2D eigenvalue weighted by molar-refractivity contribution is 7.88. The van der Waals surface area contributed by atoms with Gasteiger partial charge in [0.15, 0.2) is 0 Å². The molecule has 124 valence electrons. The second-order valence-corrected chi connectivity index (χ2v) is 9.41. The first-order valence-corrected chi connectivity index (χ1v) is 10.6. The van der Waals surface area contributed by atoms with E-state index in [1.165, 1.54) is 9.75 Å². The standard InChI is InChI=1S/C18H23NO2S2/c1-15-11-12-18(22-15)17-10-6-3-7-13-19(17)23(20,21)14-16-8-4-2-5-9-16/h2,4-5,8-9,11-12,17H,3,6-7,10,13-14H2,1H3. The molecular formula is C18H23NO2S2. The molecule has 1 saturated heterocycles. The van der Waals surface area contributed by atoms with Gasteiger partial charge in [-0.1, -0.05) is 43.2 Å². The Hall–Kier alpha value is -1.17. The molecule has 1 fully saturated rings. The van der Waals surface area contributed by atoms with Crippen LogP contribution < -0.4 is 0 Å². The van der Waals surface area contributed by atoms with Gasteiger partial charge in [-0.15, -0.1) is 11.3 Å². The van der Waals surface area contributed by atoms with Gasteiger partial charge in [-0.2, -0.15) is 4.31 Å². The molecule has 0 bridgehead atoms. The molecule has 1 unspecified atom stereocenters. The molecule has 2 heterocycles. The number of hydrogen-bond acceptors (Lipinski definition) is 3. The maximum absolute atomic E-state index is 13.0. The third-order valence-electron chi connectivity index (χ3n) is 4.34. The zero-order chi connectivity index (χ0) is 16.3. The Morgan fingerprint density at radius 1 is 1.09 bits per heavy atom. The molecule has 2 aromatic rings. The molecule has 3 nitrogen and oxygen atoms in total. The maximum Gasteiger partial charge on any atom is 0.218 e. The maximum atomic E-state index is 13.0. The average Bonchev–Trinajstić information content (AvgIpc) is 2.81. The first-order valence-electron chi connectivity index (χ1n) is 8.16. The molecule has 1 aromatic carbocycles. The van der Waals surface area contributed by atoms with Crippen molar-refractivity contribution in [1.82, 2.24) is 4.31 Å². The van der Waals surface area contributed by atoms with Gasteiger partial charge in [0.05, 0.1) is 11.8 Å². The van der Waals surface area contributed by atoms with E-state index in [2.05, 4.69) is 19.1 Å². The van der Waals surface area contributed by atoms with Crippen LogP contribution >= 0.6 is 11.3 Å². The van der Waals surface area contributed by atoms with Gasteiger partial charge in [0, 0.05) is 16.3 Å². The molecule has 0 saturated carbocycles. The van der Waals surface area contributed by atoms with Gasteiger partial charge in [0.25, 0.3) is 0 Å². The van der Waals surface area contributed by atoms with Gasteiger partial charge in [0.2, 0.25) is 10.0 Å². The van der Waals surface area contributed by atoms with Crippen molar-refractivity contribution >= 4 is 21.4 Å². The Morgan fingerprint density at radius 2 is 1.87 bits per heavy atom. The predicted octanol–water partition coefficient (Wildman–Crippen LogP) is 4.50. The van der Waals surface area contributed by atoms with E-state index in [1.807, 2.05) is 30.3 Å². The predicted molar refractivity (Wildman–Crippen MR) is 96.0 cm³/mol. The molecule has 1 aliphatic heterocycles. The Balaban J connectivity index is 1.89. The summed E-state index contributed by atoms with van der Waals surface area (Å²) in [5.74, 6) is 0.0920. The van der Waals surface area contributed by atoms with Crippen LogP contribution in [0.4, 0.5) is 0 Å². The van der Waals surface area contributed by atoms with E-state index >= 15 is 0 Å². The largest absolute Gasteiger partial charge is 0.218 e. The Morgan fingerprint density at radius 3 is 2.57 bits per heavy atom. The van der Waals surface area contributed by atoms with Gasteiger partial charge in [-0.05, 0) is 37.5 Å². The van der Waals surface area contributed by atoms with Crippen LogP contribution in [0.15, 0.2) is 42.5 Å². The smallest absolute Gasteiger partial charge is 0.212 e. The number of thiophene rings is 1. The quantitative estimate of drug-likeness (QED) is 0.815. The lowest BCUT2D eigenvalue weighted by molar-refractivity contribution is 0.332. The first-order chi connectivity index (χ1) is 11.1. The second-order valence-electron chi connectivity index (χ2n) is 6.17. The minimum atomic E-state index is -3.31. The summed E-state index contributed by atoms with van der Waals surface area (Å²) >= 11 is 1.72. The van der Waals surface area contributed by atoms with Crippen molar-refractivity contribution in [2.45, 2.75) is 44.4 Å². The molecule has 1 aliphatic rings. The summed E-state index contributed by atoms with van der Waals surface area (Å²) in [6.45, 7) is 2.71. The molecule has 0 aliphatic carbocycles. The van der Waals surface area contributed by atoms with Crippen molar-refractivity contribution in [1.29, 1.82) is 0 Å². The van der Waals surface area contributed by atoms with Crippen LogP contribution in [-0.4, -0.2) is 19.3 Å². The number of aryl methyl sites for hydroxylation is 1. The zero-order valence-corrected chi connectivity index (χ0v) is 15.1. The van der Waals surface area contributed by atoms with E-state index in [-0.39, 0.29) is 11.8 Å². The van der Waals surface area contributed by atoms with Crippen LogP contribution in [0.1, 0.15) is 47.0 Å². The third kappa shape index (κ3) is 4.03. The fourth-order valence-electron chi connectivity index (χ4n) is 3.20. The lowest BCUT2D eigenvalue weighted by Gasteiger charge is -2.28. The van der Waals surface area contributed by atoms with Gasteiger partial charge in [-0.3, -0.25) is 0 Å². The lowest BCUT2D eigenvalue weighted by Crippen LogP contribution is -2.35. The SMILES string of the molecule is Cc1ccc(C2CCCCCN2S(=O)(=O)Cc2ccccc2)s1. The molecule has 0 N–H and O–H groups in total. The van der Waals surface area contributed by atoms with Crippen LogP contribution in [0.2, 0.25) is 0 Å². The van der Waals surface area contributed by atoms with E-state index < -0.39 is 10.0 Å². The number of hydrogen-bond donors (Lipinski definition) is 0. The number of nitrogens with zero attached hydrogens (tertiary/aromatic N) is 1. The summed E-state index contributed by atoms with van der Waals surface area (Å²) < 4.78 is 27.8. The van der Waals surface area contributed by atoms with E-state index in [0.29, 0.717) is 6.54 Å². The molecule has 1 atom stereocenters. The van der Waals surface area contributed by atoms with Gasteiger partial charge >= 0.3 is 0 Å². The van der Waals surface area contributed by atoms with Gasteiger partial charge < -0.3 is 0 Å². The van der Waals surface area contributed by atoms with Crippen LogP contribution in [0.5, 0.6) is 0 Å². The van der Waals surface area contributed by atoms with E-state index in [1.54, 1.807) is 15.6 Å². The van der Waals surface area contributed by atoms with Crippen molar-refractivity contribution in [2.75, 3.05) is 6.54 Å². The highest BCUT2D eigenvalue weighted by atomic mass is 32.2. The summed E-state index contributed by atoms with van der Waals surface area (Å²) in [6, 6.07) is 13.7. The second kappa shape index (κ2) is 7.16. The molecule has 23 heavy (non-hydrogen) atoms. The van der Waals surface area contributed by atoms with Crippen molar-refractivity contribution < 1.29 is 8.42 Å². The van der Waals surface area contributed by atoms with Crippen molar-refractivity contribution in [2.24, 2.45) is 0 Å². The fourth-order valence-corrected chi connectivity index (χ4v) is 6.08. The molecule has 0 radical (unpaired) electrons. The number of rotatable bonds is 4. The highest BCUT2D eigenvalue weighted by Gasteiger charge is 2.32. The lowest BCUT2D eigenvalue weighted by atomic mass is 10.1. The average molecular weight is 350 g/mol. The van der Waals surface area contributed by atoms with E-state index in [4.69, 9.17) is 0 Å². The molecule has 3 rings (SSSR count). The summed E-state index contributed by atoms with van der Waals surface area (Å²) in [6.07, 6.45) is 4.08. The fraction of sp³-hybridized carbons (Fsp3) is 0.444. The van der Waals surface area contributed by atoms with Gasteiger partial charge in [-0.25, -0.2) is 8.42 Å². The Labute approximate surface area is 143 Å². The van der Waals surface area contributed by atoms with E-state index in [0.717, 1.165) is 31.2 Å². The number of benzene rings is 1. The van der Waals surface area contributed by atoms with Crippen LogP contribution in [0, 0.1) is 6.92 Å². The van der Waals surface area contributed by atoms with Crippen molar-refractivity contribution in [3.8, 4) is 0 Å².